The second-order valence-electron chi connectivity index (χ2n) is 5.21. The third-order valence-corrected chi connectivity index (χ3v) is 4.39. The highest BCUT2D eigenvalue weighted by Gasteiger charge is 2.13. The zero-order valence-corrected chi connectivity index (χ0v) is 13.9. The van der Waals surface area contributed by atoms with Gasteiger partial charge in [0.25, 0.3) is 0 Å². The fraction of sp³-hybridized carbons (Fsp3) is 0.353. The molecular formula is C17H18FNO3S. The van der Waals surface area contributed by atoms with Crippen LogP contribution < -0.4 is 14.2 Å². The summed E-state index contributed by atoms with van der Waals surface area (Å²) in [5.74, 6) is 2.88. The number of aromatic nitrogens is 1. The standard InChI is InChI=1S/C9H9FO2.C8H9NOS/c1-6-4-8-9(5-7(6)10)12-3-2-11-8;1-6-4-8-7(5-9-6)10-2-3-11-8/h4-5H,2-3H2,1H3;4-5H,2-3H2,1H3. The quantitative estimate of drug-likeness (QED) is 0.733. The number of ether oxygens (including phenoxy) is 3. The van der Waals surface area contributed by atoms with Crippen molar-refractivity contribution in [2.24, 2.45) is 0 Å². The van der Waals surface area contributed by atoms with E-state index in [0.717, 1.165) is 23.8 Å². The Morgan fingerprint density at radius 1 is 0.957 bits per heavy atom. The molecule has 1 aromatic carbocycles. The smallest absolute Gasteiger partial charge is 0.164 e. The van der Waals surface area contributed by atoms with Gasteiger partial charge in [0.05, 0.1) is 17.7 Å². The third kappa shape index (κ3) is 3.88. The van der Waals surface area contributed by atoms with Gasteiger partial charge >= 0.3 is 0 Å². The zero-order chi connectivity index (χ0) is 16.2. The molecule has 4 nitrogen and oxygen atoms in total. The Balaban J connectivity index is 0.000000136. The highest BCUT2D eigenvalue weighted by atomic mass is 32.2. The first-order valence-electron chi connectivity index (χ1n) is 7.41. The number of rotatable bonds is 0. The van der Waals surface area contributed by atoms with E-state index in [1.807, 2.05) is 18.7 Å². The number of fused-ring (bicyclic) bond motifs is 2. The highest BCUT2D eigenvalue weighted by Crippen LogP contribution is 2.33. The van der Waals surface area contributed by atoms with Gasteiger partial charge < -0.3 is 14.2 Å². The van der Waals surface area contributed by atoms with Crippen LogP contribution in [0.5, 0.6) is 17.2 Å². The van der Waals surface area contributed by atoms with Crippen LogP contribution in [0.2, 0.25) is 0 Å². The lowest BCUT2D eigenvalue weighted by Crippen LogP contribution is -2.15. The first-order valence-corrected chi connectivity index (χ1v) is 8.40. The predicted octanol–water partition coefficient (Wildman–Crippen LogP) is 3.78. The lowest BCUT2D eigenvalue weighted by Gasteiger charge is -2.18. The summed E-state index contributed by atoms with van der Waals surface area (Å²) in [6.45, 7) is 5.54. The van der Waals surface area contributed by atoms with E-state index in [1.165, 1.54) is 11.0 Å². The molecule has 23 heavy (non-hydrogen) atoms. The molecule has 0 aliphatic carbocycles. The summed E-state index contributed by atoms with van der Waals surface area (Å²) in [7, 11) is 0. The van der Waals surface area contributed by atoms with E-state index in [4.69, 9.17) is 14.2 Å². The number of hydrogen-bond donors (Lipinski definition) is 0. The van der Waals surface area contributed by atoms with Crippen LogP contribution in [0.3, 0.4) is 0 Å². The Kier molecular flexibility index (Phi) is 4.91. The van der Waals surface area contributed by atoms with E-state index in [0.29, 0.717) is 30.3 Å². The van der Waals surface area contributed by atoms with Crippen molar-refractivity contribution in [1.82, 2.24) is 4.98 Å². The minimum atomic E-state index is -0.251. The Labute approximate surface area is 139 Å². The molecule has 6 heteroatoms. The van der Waals surface area contributed by atoms with Crippen LogP contribution in [-0.2, 0) is 0 Å². The van der Waals surface area contributed by atoms with Crippen molar-refractivity contribution in [2.45, 2.75) is 18.7 Å². The second-order valence-corrected chi connectivity index (χ2v) is 6.35. The van der Waals surface area contributed by atoms with Crippen molar-refractivity contribution >= 4 is 11.8 Å². The molecule has 0 bridgehead atoms. The molecule has 0 saturated carbocycles. The summed E-state index contributed by atoms with van der Waals surface area (Å²) in [5, 5.41) is 0. The summed E-state index contributed by atoms with van der Waals surface area (Å²) >= 11 is 1.84. The third-order valence-electron chi connectivity index (χ3n) is 3.39. The molecular weight excluding hydrogens is 317 g/mol. The molecule has 0 atom stereocenters. The largest absolute Gasteiger partial charge is 0.490 e. The molecule has 0 amide bonds. The summed E-state index contributed by atoms with van der Waals surface area (Å²) in [5.41, 5.74) is 1.64. The fourth-order valence-electron chi connectivity index (χ4n) is 2.21. The maximum absolute atomic E-state index is 13.0. The summed E-state index contributed by atoms with van der Waals surface area (Å²) < 4.78 is 28.8. The Morgan fingerprint density at radius 3 is 2.43 bits per heavy atom. The van der Waals surface area contributed by atoms with Gasteiger partial charge in [-0.15, -0.1) is 11.8 Å². The molecule has 2 aromatic rings. The summed E-state index contributed by atoms with van der Waals surface area (Å²) in [6.07, 6.45) is 1.80. The van der Waals surface area contributed by atoms with E-state index in [9.17, 15) is 4.39 Å². The number of hydrogen-bond acceptors (Lipinski definition) is 5. The molecule has 2 aliphatic rings. The molecule has 0 spiro atoms. The topological polar surface area (TPSA) is 40.6 Å². The van der Waals surface area contributed by atoms with Gasteiger partial charge in [-0.25, -0.2) is 4.39 Å². The second kappa shape index (κ2) is 7.08. The minimum absolute atomic E-state index is 0.251. The van der Waals surface area contributed by atoms with Crippen molar-refractivity contribution in [3.63, 3.8) is 0 Å². The lowest BCUT2D eigenvalue weighted by atomic mass is 10.2. The van der Waals surface area contributed by atoms with Crippen molar-refractivity contribution in [1.29, 1.82) is 0 Å². The number of halogens is 1. The molecule has 1 aromatic heterocycles. The molecule has 0 fully saturated rings. The van der Waals surface area contributed by atoms with E-state index in [2.05, 4.69) is 11.1 Å². The Bertz CT molecular complexity index is 677. The summed E-state index contributed by atoms with van der Waals surface area (Å²) in [6, 6.07) is 5.09. The Morgan fingerprint density at radius 2 is 1.65 bits per heavy atom. The van der Waals surface area contributed by atoms with E-state index in [-0.39, 0.29) is 5.82 Å². The van der Waals surface area contributed by atoms with Crippen LogP contribution in [0.4, 0.5) is 4.39 Å². The average Bonchev–Trinajstić information content (AvgIpc) is 2.56. The minimum Gasteiger partial charge on any atom is -0.490 e. The van der Waals surface area contributed by atoms with Crippen molar-refractivity contribution in [3.05, 3.63) is 41.5 Å². The number of pyridine rings is 1. The van der Waals surface area contributed by atoms with Gasteiger partial charge in [0, 0.05) is 17.5 Å². The van der Waals surface area contributed by atoms with Crippen LogP contribution in [0.1, 0.15) is 11.3 Å². The highest BCUT2D eigenvalue weighted by molar-refractivity contribution is 7.99. The fourth-order valence-corrected chi connectivity index (χ4v) is 3.11. The molecule has 3 heterocycles. The van der Waals surface area contributed by atoms with Crippen LogP contribution >= 0.6 is 11.8 Å². The molecule has 4 rings (SSSR count). The van der Waals surface area contributed by atoms with E-state index < -0.39 is 0 Å². The zero-order valence-electron chi connectivity index (χ0n) is 13.1. The van der Waals surface area contributed by atoms with Crippen molar-refractivity contribution in [2.75, 3.05) is 25.6 Å². The maximum atomic E-state index is 13.0. The molecule has 122 valence electrons. The molecule has 0 N–H and O–H groups in total. The number of nitrogens with zero attached hydrogens (tertiary/aromatic N) is 1. The lowest BCUT2D eigenvalue weighted by molar-refractivity contribution is 0.170. The number of benzene rings is 1. The van der Waals surface area contributed by atoms with Gasteiger partial charge in [0.15, 0.2) is 17.2 Å². The first-order chi connectivity index (χ1) is 11.1. The van der Waals surface area contributed by atoms with Gasteiger partial charge in [-0.05, 0) is 31.5 Å². The van der Waals surface area contributed by atoms with Crippen molar-refractivity contribution in [3.8, 4) is 17.2 Å². The van der Waals surface area contributed by atoms with E-state index >= 15 is 0 Å². The van der Waals surface area contributed by atoms with Crippen LogP contribution in [-0.4, -0.2) is 30.6 Å². The molecule has 0 saturated heterocycles. The average molecular weight is 335 g/mol. The van der Waals surface area contributed by atoms with E-state index in [1.54, 1.807) is 19.2 Å². The SMILES string of the molecule is Cc1cc2c(cc1F)OCCO2.Cc1cc2c(cn1)OCCS2. The van der Waals surface area contributed by atoms with Crippen LogP contribution in [0.25, 0.3) is 0 Å². The number of aryl methyl sites for hydroxylation is 2. The monoisotopic (exact) mass is 335 g/mol. The Hall–Kier alpha value is -1.95. The maximum Gasteiger partial charge on any atom is 0.164 e. The predicted molar refractivity (Wildman–Crippen MR) is 87.3 cm³/mol. The van der Waals surface area contributed by atoms with Gasteiger partial charge in [0.2, 0.25) is 0 Å². The first kappa shape index (κ1) is 15.9. The van der Waals surface area contributed by atoms with Crippen molar-refractivity contribution < 1.29 is 18.6 Å². The number of thioether (sulfide) groups is 1. The van der Waals surface area contributed by atoms with Crippen LogP contribution in [0.15, 0.2) is 29.3 Å². The van der Waals surface area contributed by atoms with Gasteiger partial charge in [-0.2, -0.15) is 0 Å². The molecule has 0 unspecified atom stereocenters. The summed E-state index contributed by atoms with van der Waals surface area (Å²) in [4.78, 5) is 5.38. The van der Waals surface area contributed by atoms with Crippen LogP contribution in [0, 0.1) is 19.7 Å². The molecule has 2 aliphatic heterocycles. The van der Waals surface area contributed by atoms with Gasteiger partial charge in [0.1, 0.15) is 19.0 Å². The molecule has 0 radical (unpaired) electrons. The van der Waals surface area contributed by atoms with Gasteiger partial charge in [-0.1, -0.05) is 0 Å². The normalized spacial score (nSPS) is 14.9. The van der Waals surface area contributed by atoms with Gasteiger partial charge in [-0.3, -0.25) is 4.98 Å².